The highest BCUT2D eigenvalue weighted by atomic mass is 35.5. The minimum Gasteiger partial charge on any atom is -0.391 e. The van der Waals surface area contributed by atoms with Gasteiger partial charge in [-0.05, 0) is 5.92 Å². The van der Waals surface area contributed by atoms with E-state index in [9.17, 15) is 5.11 Å². The summed E-state index contributed by atoms with van der Waals surface area (Å²) in [5.74, 6) is 1.43. The van der Waals surface area contributed by atoms with Crippen molar-refractivity contribution in [1.29, 1.82) is 0 Å². The highest BCUT2D eigenvalue weighted by molar-refractivity contribution is 6.29. The van der Waals surface area contributed by atoms with Gasteiger partial charge in [0.05, 0.1) is 6.10 Å². The normalized spacial score (nSPS) is 12.7. The lowest BCUT2D eigenvalue weighted by Crippen LogP contribution is -2.28. The first-order chi connectivity index (χ1) is 9.10. The van der Waals surface area contributed by atoms with Crippen molar-refractivity contribution in [2.45, 2.75) is 39.4 Å². The van der Waals surface area contributed by atoms with Gasteiger partial charge in [-0.1, -0.05) is 38.3 Å². The third-order valence-corrected chi connectivity index (χ3v) is 3.29. The Labute approximate surface area is 119 Å². The topological polar surface area (TPSA) is 67.3 Å². The number of nitrogens with one attached hydrogen (secondary N) is 1. The van der Waals surface area contributed by atoms with E-state index in [4.69, 9.17) is 16.3 Å². The Morgan fingerprint density at radius 1 is 1.37 bits per heavy atom. The summed E-state index contributed by atoms with van der Waals surface area (Å²) < 4.78 is 4.98. The molecule has 1 aromatic rings. The van der Waals surface area contributed by atoms with E-state index < -0.39 is 6.10 Å². The molecule has 0 fully saturated rings. The lowest BCUT2D eigenvalue weighted by Gasteiger charge is -2.20. The highest BCUT2D eigenvalue weighted by Crippen LogP contribution is 2.15. The maximum atomic E-state index is 10.0. The molecule has 1 heterocycles. The number of aromatic nitrogens is 2. The zero-order valence-corrected chi connectivity index (χ0v) is 12.4. The maximum Gasteiger partial charge on any atom is 0.158 e. The standard InChI is InChI=1S/C13H22ClN3O2/c1-4-9(5-2)10(18)7-15-12-6-11(14)16-13(17-12)8-19-3/h6,9-10,18H,4-5,7-8H2,1-3H3,(H,15,16,17). The molecule has 108 valence electrons. The van der Waals surface area contributed by atoms with Crippen molar-refractivity contribution in [3.8, 4) is 0 Å². The van der Waals surface area contributed by atoms with Crippen molar-refractivity contribution >= 4 is 17.4 Å². The number of methoxy groups -OCH3 is 1. The van der Waals surface area contributed by atoms with Crippen LogP contribution in [0.25, 0.3) is 0 Å². The molecule has 0 aliphatic heterocycles. The summed E-state index contributed by atoms with van der Waals surface area (Å²) in [6.07, 6.45) is 1.52. The van der Waals surface area contributed by atoms with Crippen LogP contribution in [-0.4, -0.2) is 34.8 Å². The molecule has 1 unspecified atom stereocenters. The zero-order valence-electron chi connectivity index (χ0n) is 11.7. The van der Waals surface area contributed by atoms with E-state index in [0.717, 1.165) is 12.8 Å². The second-order valence-electron chi connectivity index (χ2n) is 4.45. The Hall–Kier alpha value is -0.910. The number of ether oxygens (including phenoxy) is 1. The molecule has 1 aromatic heterocycles. The van der Waals surface area contributed by atoms with Gasteiger partial charge in [-0.15, -0.1) is 0 Å². The van der Waals surface area contributed by atoms with Crippen LogP contribution in [0.4, 0.5) is 5.82 Å². The van der Waals surface area contributed by atoms with Crippen LogP contribution in [0.15, 0.2) is 6.07 Å². The molecule has 0 saturated heterocycles. The van der Waals surface area contributed by atoms with Crippen LogP contribution in [0.2, 0.25) is 5.15 Å². The molecule has 0 radical (unpaired) electrons. The predicted molar refractivity (Wildman–Crippen MR) is 76.3 cm³/mol. The Bertz CT molecular complexity index is 386. The van der Waals surface area contributed by atoms with E-state index in [1.54, 1.807) is 13.2 Å². The molecule has 19 heavy (non-hydrogen) atoms. The van der Waals surface area contributed by atoms with Crippen molar-refractivity contribution in [1.82, 2.24) is 9.97 Å². The minimum absolute atomic E-state index is 0.295. The van der Waals surface area contributed by atoms with Gasteiger partial charge in [0, 0.05) is 19.7 Å². The lowest BCUT2D eigenvalue weighted by molar-refractivity contribution is 0.114. The number of hydrogen-bond donors (Lipinski definition) is 2. The molecule has 0 aromatic carbocycles. The van der Waals surface area contributed by atoms with Crippen molar-refractivity contribution in [2.24, 2.45) is 5.92 Å². The summed E-state index contributed by atoms with van der Waals surface area (Å²) in [7, 11) is 1.58. The molecule has 6 heteroatoms. The summed E-state index contributed by atoms with van der Waals surface area (Å²) in [6.45, 7) is 4.92. The number of aliphatic hydroxyl groups is 1. The van der Waals surface area contributed by atoms with Crippen LogP contribution in [0.5, 0.6) is 0 Å². The first kappa shape index (κ1) is 16.1. The predicted octanol–water partition coefficient (Wildman–Crippen LogP) is 2.49. The molecule has 0 bridgehead atoms. The van der Waals surface area contributed by atoms with Crippen LogP contribution >= 0.6 is 11.6 Å². The van der Waals surface area contributed by atoms with Crippen LogP contribution in [0.1, 0.15) is 32.5 Å². The van der Waals surface area contributed by atoms with E-state index in [0.29, 0.717) is 35.9 Å². The van der Waals surface area contributed by atoms with Gasteiger partial charge in [-0.2, -0.15) is 0 Å². The summed E-state index contributed by atoms with van der Waals surface area (Å²) in [5, 5.41) is 13.5. The fraction of sp³-hybridized carbons (Fsp3) is 0.692. The fourth-order valence-corrected chi connectivity index (χ4v) is 2.16. The van der Waals surface area contributed by atoms with Crippen molar-refractivity contribution < 1.29 is 9.84 Å². The van der Waals surface area contributed by atoms with E-state index in [-0.39, 0.29) is 0 Å². The lowest BCUT2D eigenvalue weighted by atomic mass is 9.97. The average Bonchev–Trinajstić information content (AvgIpc) is 2.37. The molecular weight excluding hydrogens is 266 g/mol. The van der Waals surface area contributed by atoms with Crippen molar-refractivity contribution in [3.63, 3.8) is 0 Å². The van der Waals surface area contributed by atoms with E-state index in [1.807, 2.05) is 0 Å². The number of aliphatic hydroxyl groups excluding tert-OH is 1. The van der Waals surface area contributed by atoms with Gasteiger partial charge in [0.15, 0.2) is 5.82 Å². The number of halogens is 1. The summed E-state index contributed by atoms with van der Waals surface area (Å²) >= 11 is 5.91. The summed E-state index contributed by atoms with van der Waals surface area (Å²) in [4.78, 5) is 8.31. The molecule has 0 amide bonds. The van der Waals surface area contributed by atoms with Gasteiger partial charge in [0.2, 0.25) is 0 Å². The van der Waals surface area contributed by atoms with E-state index in [2.05, 4.69) is 29.1 Å². The van der Waals surface area contributed by atoms with Gasteiger partial charge in [-0.25, -0.2) is 9.97 Å². The van der Waals surface area contributed by atoms with Gasteiger partial charge in [0.1, 0.15) is 17.6 Å². The molecule has 0 spiro atoms. The van der Waals surface area contributed by atoms with Crippen LogP contribution in [0, 0.1) is 5.92 Å². The second-order valence-corrected chi connectivity index (χ2v) is 4.84. The average molecular weight is 288 g/mol. The maximum absolute atomic E-state index is 10.0. The highest BCUT2D eigenvalue weighted by Gasteiger charge is 2.15. The van der Waals surface area contributed by atoms with Crippen LogP contribution < -0.4 is 5.32 Å². The first-order valence-electron chi connectivity index (χ1n) is 6.55. The SMILES string of the molecule is CCC(CC)C(O)CNc1cc(Cl)nc(COC)n1. The largest absolute Gasteiger partial charge is 0.391 e. The van der Waals surface area contributed by atoms with Crippen molar-refractivity contribution in [2.75, 3.05) is 19.0 Å². The minimum atomic E-state index is -0.394. The molecule has 5 nitrogen and oxygen atoms in total. The van der Waals surface area contributed by atoms with Crippen LogP contribution in [-0.2, 0) is 11.3 Å². The number of rotatable bonds is 8. The van der Waals surface area contributed by atoms with Gasteiger partial charge >= 0.3 is 0 Å². The first-order valence-corrected chi connectivity index (χ1v) is 6.92. The molecule has 1 atom stereocenters. The third kappa shape index (κ3) is 5.30. The monoisotopic (exact) mass is 287 g/mol. The quantitative estimate of drug-likeness (QED) is 0.719. The number of anilines is 1. The van der Waals surface area contributed by atoms with Crippen LogP contribution in [0.3, 0.4) is 0 Å². The van der Waals surface area contributed by atoms with Gasteiger partial charge in [-0.3, -0.25) is 0 Å². The molecule has 0 saturated carbocycles. The Kier molecular flexibility index (Phi) is 7.05. The Balaban J connectivity index is 2.61. The number of nitrogens with zero attached hydrogens (tertiary/aromatic N) is 2. The zero-order chi connectivity index (χ0) is 14.3. The Morgan fingerprint density at radius 2 is 2.05 bits per heavy atom. The van der Waals surface area contributed by atoms with Crippen molar-refractivity contribution in [3.05, 3.63) is 17.0 Å². The molecule has 0 aliphatic rings. The molecule has 2 N–H and O–H groups in total. The Morgan fingerprint density at radius 3 is 2.63 bits per heavy atom. The van der Waals surface area contributed by atoms with E-state index in [1.165, 1.54) is 0 Å². The van der Waals surface area contributed by atoms with E-state index >= 15 is 0 Å². The van der Waals surface area contributed by atoms with Gasteiger partial charge < -0.3 is 15.2 Å². The van der Waals surface area contributed by atoms with Gasteiger partial charge in [0.25, 0.3) is 0 Å². The molecule has 0 aliphatic carbocycles. The fourth-order valence-electron chi connectivity index (χ4n) is 1.96. The summed E-state index contributed by atoms with van der Waals surface area (Å²) in [6, 6.07) is 1.64. The second kappa shape index (κ2) is 8.30. The molecular formula is C13H22ClN3O2. The summed E-state index contributed by atoms with van der Waals surface area (Å²) in [5.41, 5.74) is 0. The smallest absolute Gasteiger partial charge is 0.158 e. The number of hydrogen-bond acceptors (Lipinski definition) is 5. The third-order valence-electron chi connectivity index (χ3n) is 3.10. The molecule has 1 rings (SSSR count).